The van der Waals surface area contributed by atoms with Gasteiger partial charge in [-0.1, -0.05) is 11.6 Å². The predicted octanol–water partition coefficient (Wildman–Crippen LogP) is 0.880. The third-order valence-electron chi connectivity index (χ3n) is 2.76. The largest absolute Gasteiger partial charge is 0.393 e. The van der Waals surface area contributed by atoms with E-state index in [1.165, 1.54) is 22.6 Å². The molecular weight excluding hydrogens is 264 g/mol. The first-order valence-corrected chi connectivity index (χ1v) is 7.12. The number of aliphatic hydroxyl groups is 1. The van der Waals surface area contributed by atoms with Crippen LogP contribution in [0.2, 0.25) is 5.15 Å². The maximum atomic E-state index is 12.2. The van der Waals surface area contributed by atoms with Crippen molar-refractivity contribution in [3.8, 4) is 0 Å². The molecule has 0 aliphatic carbocycles. The zero-order valence-corrected chi connectivity index (χ0v) is 10.7. The number of pyridine rings is 1. The van der Waals surface area contributed by atoms with Crippen molar-refractivity contribution in [2.24, 2.45) is 0 Å². The molecule has 1 aromatic heterocycles. The number of aliphatic hydroxyl groups excluding tert-OH is 1. The van der Waals surface area contributed by atoms with Gasteiger partial charge < -0.3 is 5.11 Å². The molecule has 1 saturated heterocycles. The van der Waals surface area contributed by atoms with Crippen LogP contribution < -0.4 is 0 Å². The summed E-state index contributed by atoms with van der Waals surface area (Å²) in [4.78, 5) is 3.90. The molecule has 1 fully saturated rings. The van der Waals surface area contributed by atoms with E-state index >= 15 is 0 Å². The second kappa shape index (κ2) is 4.89. The predicted molar refractivity (Wildman–Crippen MR) is 63.2 cm³/mol. The Hall–Kier alpha value is -0.690. The molecule has 1 aliphatic heterocycles. The molecule has 17 heavy (non-hydrogen) atoms. The maximum Gasteiger partial charge on any atom is 0.244 e. The first kappa shape index (κ1) is 12.8. The van der Waals surface area contributed by atoms with Crippen molar-refractivity contribution in [2.75, 3.05) is 13.1 Å². The van der Waals surface area contributed by atoms with E-state index in [4.69, 9.17) is 11.6 Å². The number of rotatable bonds is 2. The lowest BCUT2D eigenvalue weighted by Gasteiger charge is -2.28. The van der Waals surface area contributed by atoms with Gasteiger partial charge in [-0.2, -0.15) is 4.31 Å². The van der Waals surface area contributed by atoms with Crippen LogP contribution >= 0.6 is 11.6 Å². The quantitative estimate of drug-likeness (QED) is 0.814. The summed E-state index contributed by atoms with van der Waals surface area (Å²) in [5.41, 5.74) is 0. The normalized spacial score (nSPS) is 19.4. The van der Waals surface area contributed by atoms with Crippen LogP contribution in [-0.2, 0) is 10.0 Å². The minimum Gasteiger partial charge on any atom is -0.393 e. The van der Waals surface area contributed by atoms with Gasteiger partial charge in [-0.3, -0.25) is 0 Å². The highest BCUT2D eigenvalue weighted by Gasteiger charge is 2.28. The van der Waals surface area contributed by atoms with Gasteiger partial charge >= 0.3 is 0 Å². The summed E-state index contributed by atoms with van der Waals surface area (Å²) in [5, 5.41) is 9.61. The van der Waals surface area contributed by atoms with Gasteiger partial charge in [0.25, 0.3) is 0 Å². The first-order valence-electron chi connectivity index (χ1n) is 5.30. The summed E-state index contributed by atoms with van der Waals surface area (Å²) in [5.74, 6) is 0. The molecule has 1 aromatic rings. The van der Waals surface area contributed by atoms with E-state index in [0.29, 0.717) is 25.9 Å². The molecule has 0 atom stereocenters. The molecule has 0 bridgehead atoms. The van der Waals surface area contributed by atoms with Crippen LogP contribution in [0.1, 0.15) is 12.8 Å². The van der Waals surface area contributed by atoms with E-state index in [2.05, 4.69) is 4.98 Å². The fraction of sp³-hybridized carbons (Fsp3) is 0.500. The van der Waals surface area contributed by atoms with Crippen molar-refractivity contribution in [3.05, 3.63) is 23.5 Å². The average Bonchev–Trinajstić information content (AvgIpc) is 2.30. The number of nitrogens with zero attached hydrogens (tertiary/aromatic N) is 2. The minimum absolute atomic E-state index is 0.137. The monoisotopic (exact) mass is 276 g/mol. The summed E-state index contributed by atoms with van der Waals surface area (Å²) in [7, 11) is -3.50. The summed E-state index contributed by atoms with van der Waals surface area (Å²) in [6.45, 7) is 0.679. The number of hydrogen-bond acceptors (Lipinski definition) is 4. The van der Waals surface area contributed by atoms with Gasteiger partial charge in [0.05, 0.1) is 6.10 Å². The fourth-order valence-electron chi connectivity index (χ4n) is 1.75. The van der Waals surface area contributed by atoms with Crippen molar-refractivity contribution in [1.29, 1.82) is 0 Å². The maximum absolute atomic E-state index is 12.2. The van der Waals surface area contributed by atoms with Gasteiger partial charge in [0.15, 0.2) is 0 Å². The summed E-state index contributed by atoms with van der Waals surface area (Å²) in [6.07, 6.45) is 1.80. The van der Waals surface area contributed by atoms with Gasteiger partial charge in [0.1, 0.15) is 10.0 Å². The van der Waals surface area contributed by atoms with Crippen molar-refractivity contribution in [1.82, 2.24) is 9.29 Å². The van der Waals surface area contributed by atoms with E-state index in [-0.39, 0.29) is 10.0 Å². The standard InChI is InChI=1S/C10H13ClN2O3S/c11-10-2-1-9(7-12-10)17(15,16)13-5-3-8(14)4-6-13/h1-2,7-8,14H,3-6H2. The Labute approximate surface area is 105 Å². The number of sulfonamides is 1. The van der Waals surface area contributed by atoms with Gasteiger partial charge in [-0.15, -0.1) is 0 Å². The van der Waals surface area contributed by atoms with Crippen molar-refractivity contribution < 1.29 is 13.5 Å². The molecule has 0 amide bonds. The number of halogens is 1. The van der Waals surface area contributed by atoms with Crippen LogP contribution in [0.5, 0.6) is 0 Å². The number of piperidine rings is 1. The molecule has 1 aliphatic rings. The molecule has 0 saturated carbocycles. The van der Waals surface area contributed by atoms with Crippen molar-refractivity contribution >= 4 is 21.6 Å². The van der Waals surface area contributed by atoms with Crippen molar-refractivity contribution in [3.63, 3.8) is 0 Å². The molecule has 5 nitrogen and oxygen atoms in total. The highest BCUT2D eigenvalue weighted by atomic mass is 35.5. The molecule has 2 rings (SSSR count). The summed E-state index contributed by atoms with van der Waals surface area (Å²) >= 11 is 5.61. The molecule has 94 valence electrons. The van der Waals surface area contributed by atoms with Crippen LogP contribution in [0.4, 0.5) is 0 Å². The molecule has 0 spiro atoms. The van der Waals surface area contributed by atoms with Crippen LogP contribution in [0.3, 0.4) is 0 Å². The lowest BCUT2D eigenvalue weighted by atomic mass is 10.1. The highest BCUT2D eigenvalue weighted by molar-refractivity contribution is 7.89. The third-order valence-corrected chi connectivity index (χ3v) is 4.87. The number of hydrogen-bond donors (Lipinski definition) is 1. The van der Waals surface area contributed by atoms with E-state index in [9.17, 15) is 13.5 Å². The van der Waals surface area contributed by atoms with Crippen LogP contribution in [0.25, 0.3) is 0 Å². The lowest BCUT2D eigenvalue weighted by molar-refractivity contribution is 0.113. The summed E-state index contributed by atoms with van der Waals surface area (Å²) in [6, 6.07) is 2.89. The van der Waals surface area contributed by atoms with Gasteiger partial charge in [0.2, 0.25) is 10.0 Å². The van der Waals surface area contributed by atoms with Crippen molar-refractivity contribution in [2.45, 2.75) is 23.8 Å². The Bertz CT molecular complexity index is 481. The zero-order valence-electron chi connectivity index (χ0n) is 9.08. The Morgan fingerprint density at radius 3 is 2.53 bits per heavy atom. The zero-order chi connectivity index (χ0) is 12.5. The molecule has 7 heteroatoms. The first-order chi connectivity index (χ1) is 8.00. The SMILES string of the molecule is O=S(=O)(c1ccc(Cl)nc1)N1CCC(O)CC1. The van der Waals surface area contributed by atoms with Crippen LogP contribution in [0.15, 0.2) is 23.2 Å². The van der Waals surface area contributed by atoms with Gasteiger partial charge in [0, 0.05) is 19.3 Å². The number of aromatic nitrogens is 1. The Kier molecular flexibility index (Phi) is 3.67. The van der Waals surface area contributed by atoms with Gasteiger partial charge in [-0.25, -0.2) is 13.4 Å². The van der Waals surface area contributed by atoms with E-state index in [0.717, 1.165) is 0 Å². The molecule has 0 aromatic carbocycles. The smallest absolute Gasteiger partial charge is 0.244 e. The molecule has 2 heterocycles. The Morgan fingerprint density at radius 1 is 1.35 bits per heavy atom. The van der Waals surface area contributed by atoms with Gasteiger partial charge in [-0.05, 0) is 25.0 Å². The van der Waals surface area contributed by atoms with E-state index in [1.54, 1.807) is 0 Å². The molecule has 0 unspecified atom stereocenters. The molecule has 1 N–H and O–H groups in total. The summed E-state index contributed by atoms with van der Waals surface area (Å²) < 4.78 is 25.7. The molecular formula is C10H13ClN2O3S. The lowest BCUT2D eigenvalue weighted by Crippen LogP contribution is -2.40. The van der Waals surface area contributed by atoms with Crippen LogP contribution in [-0.4, -0.2) is 42.0 Å². The minimum atomic E-state index is -3.50. The Balaban J connectivity index is 2.21. The Morgan fingerprint density at radius 2 is 2.00 bits per heavy atom. The second-order valence-electron chi connectivity index (χ2n) is 3.95. The van der Waals surface area contributed by atoms with E-state index in [1.807, 2.05) is 0 Å². The third kappa shape index (κ3) is 2.77. The fourth-order valence-corrected chi connectivity index (χ4v) is 3.27. The molecule has 0 radical (unpaired) electrons. The second-order valence-corrected chi connectivity index (χ2v) is 6.28. The average molecular weight is 277 g/mol. The highest BCUT2D eigenvalue weighted by Crippen LogP contribution is 2.20. The topological polar surface area (TPSA) is 70.5 Å². The van der Waals surface area contributed by atoms with Crippen LogP contribution in [0, 0.1) is 0 Å². The van der Waals surface area contributed by atoms with E-state index < -0.39 is 16.1 Å².